The molecule has 0 fully saturated rings. The molecule has 0 aliphatic heterocycles. The minimum Gasteiger partial charge on any atom is -0.485 e. The lowest BCUT2D eigenvalue weighted by molar-refractivity contribution is 0.0691. The first-order valence-corrected chi connectivity index (χ1v) is 7.50. The fraction of sp³-hybridized carbons (Fsp3) is 0.357. The third-order valence-corrected chi connectivity index (χ3v) is 3.29. The Hall–Kier alpha value is -1.64. The summed E-state index contributed by atoms with van der Waals surface area (Å²) < 4.78 is 11.4. The zero-order chi connectivity index (χ0) is 15.4. The Morgan fingerprint density at radius 3 is 2.90 bits per heavy atom. The molecule has 2 rings (SSSR count). The number of carboxylic acid groups (broad SMARTS) is 1. The molecular weight excluding hydrogens is 387 g/mol. The number of hydrogen-bond acceptors (Lipinski definition) is 5. The Morgan fingerprint density at radius 1 is 1.48 bits per heavy atom. The van der Waals surface area contributed by atoms with E-state index in [9.17, 15) is 4.79 Å². The maximum atomic E-state index is 11.2. The van der Waals surface area contributed by atoms with Crippen LogP contribution in [0.4, 0.5) is 0 Å². The highest BCUT2D eigenvalue weighted by molar-refractivity contribution is 14.1. The highest BCUT2D eigenvalue weighted by Crippen LogP contribution is 2.22. The van der Waals surface area contributed by atoms with Gasteiger partial charge in [0, 0.05) is 9.99 Å². The normalized spacial score (nSPS) is 10.9. The zero-order valence-corrected chi connectivity index (χ0v) is 13.8. The summed E-state index contributed by atoms with van der Waals surface area (Å²) in [6, 6.07) is 4.96. The summed E-state index contributed by atoms with van der Waals surface area (Å²) in [5, 5.41) is 13.0. The third kappa shape index (κ3) is 4.42. The maximum absolute atomic E-state index is 11.2. The summed E-state index contributed by atoms with van der Waals surface area (Å²) in [6.07, 6.45) is 0.705. The number of halogens is 1. The number of ether oxygens (including phenoxy) is 1. The second-order valence-corrected chi connectivity index (χ2v) is 6.18. The quantitative estimate of drug-likeness (QED) is 0.748. The van der Waals surface area contributed by atoms with Crippen molar-refractivity contribution in [3.8, 4) is 5.75 Å². The molecule has 0 saturated heterocycles. The second-order valence-electron chi connectivity index (χ2n) is 4.94. The van der Waals surface area contributed by atoms with Crippen LogP contribution in [0.5, 0.6) is 5.75 Å². The van der Waals surface area contributed by atoms with Crippen LogP contribution < -0.4 is 4.74 Å². The molecule has 1 heterocycles. The van der Waals surface area contributed by atoms with Crippen molar-refractivity contribution in [2.24, 2.45) is 5.92 Å². The van der Waals surface area contributed by atoms with Crippen LogP contribution in [0, 0.1) is 9.49 Å². The molecule has 7 heteroatoms. The summed E-state index contributed by atoms with van der Waals surface area (Å²) in [6.45, 7) is 4.19. The summed E-state index contributed by atoms with van der Waals surface area (Å²) in [5.74, 6) is 0.648. The van der Waals surface area contributed by atoms with Crippen LogP contribution in [0.1, 0.15) is 35.9 Å². The van der Waals surface area contributed by atoms with Gasteiger partial charge >= 0.3 is 5.97 Å². The fourth-order valence-electron chi connectivity index (χ4n) is 1.72. The standard InChI is InChI=1S/C14H15IN2O4/c1-8(2)5-13-16-12(17-21-13)7-20-11-4-3-9(15)6-10(11)14(18)19/h3-4,6,8H,5,7H2,1-2H3,(H,18,19). The van der Waals surface area contributed by atoms with E-state index in [1.54, 1.807) is 18.2 Å². The van der Waals surface area contributed by atoms with Gasteiger partial charge in [0.1, 0.15) is 11.3 Å². The van der Waals surface area contributed by atoms with Crippen molar-refractivity contribution in [2.75, 3.05) is 0 Å². The lowest BCUT2D eigenvalue weighted by Gasteiger charge is -2.07. The molecule has 0 aliphatic carbocycles. The van der Waals surface area contributed by atoms with Crippen molar-refractivity contribution in [1.29, 1.82) is 0 Å². The third-order valence-electron chi connectivity index (χ3n) is 2.62. The summed E-state index contributed by atoms with van der Waals surface area (Å²) in [7, 11) is 0. The monoisotopic (exact) mass is 402 g/mol. The van der Waals surface area contributed by atoms with E-state index in [1.165, 1.54) is 0 Å². The fourth-order valence-corrected chi connectivity index (χ4v) is 2.21. The number of benzene rings is 1. The number of carbonyl (C=O) groups is 1. The molecule has 0 spiro atoms. The number of rotatable bonds is 6. The topological polar surface area (TPSA) is 85.5 Å². The molecule has 1 aromatic carbocycles. The summed E-state index contributed by atoms with van der Waals surface area (Å²) in [5.41, 5.74) is 0.118. The Balaban J connectivity index is 2.06. The average molecular weight is 402 g/mol. The van der Waals surface area contributed by atoms with Crippen molar-refractivity contribution in [1.82, 2.24) is 10.1 Å². The van der Waals surface area contributed by atoms with E-state index in [1.807, 2.05) is 0 Å². The van der Waals surface area contributed by atoms with Gasteiger partial charge in [-0.1, -0.05) is 19.0 Å². The van der Waals surface area contributed by atoms with Gasteiger partial charge in [-0.15, -0.1) is 0 Å². The van der Waals surface area contributed by atoms with E-state index in [-0.39, 0.29) is 17.9 Å². The second kappa shape index (κ2) is 6.88. The first-order valence-electron chi connectivity index (χ1n) is 6.43. The van der Waals surface area contributed by atoms with Gasteiger partial charge in [-0.25, -0.2) is 4.79 Å². The molecule has 0 aliphatic rings. The molecule has 0 unspecified atom stereocenters. The van der Waals surface area contributed by atoms with Crippen molar-refractivity contribution in [2.45, 2.75) is 26.9 Å². The van der Waals surface area contributed by atoms with E-state index in [0.29, 0.717) is 24.1 Å². The van der Waals surface area contributed by atoms with Crippen LogP contribution in [0.3, 0.4) is 0 Å². The molecule has 0 atom stereocenters. The van der Waals surface area contributed by atoms with Gasteiger partial charge in [0.25, 0.3) is 0 Å². The summed E-state index contributed by atoms with van der Waals surface area (Å²) in [4.78, 5) is 15.4. The van der Waals surface area contributed by atoms with E-state index >= 15 is 0 Å². The maximum Gasteiger partial charge on any atom is 0.339 e. The van der Waals surface area contributed by atoms with Crippen LogP contribution in [0.2, 0.25) is 0 Å². The predicted octanol–water partition coefficient (Wildman–Crippen LogP) is 3.15. The molecule has 2 aromatic rings. The van der Waals surface area contributed by atoms with Gasteiger partial charge in [0.05, 0.1) is 0 Å². The van der Waals surface area contributed by atoms with E-state index in [4.69, 9.17) is 14.4 Å². The minimum absolute atomic E-state index is 0.0719. The van der Waals surface area contributed by atoms with Crippen molar-refractivity contribution < 1.29 is 19.2 Å². The van der Waals surface area contributed by atoms with E-state index < -0.39 is 5.97 Å². The molecule has 0 radical (unpaired) electrons. The first-order chi connectivity index (χ1) is 9.95. The molecule has 0 saturated carbocycles. The van der Waals surface area contributed by atoms with Crippen LogP contribution >= 0.6 is 22.6 Å². The van der Waals surface area contributed by atoms with Gasteiger partial charge in [-0.05, 0) is 46.7 Å². The van der Waals surface area contributed by atoms with E-state index in [2.05, 4.69) is 46.6 Å². The largest absolute Gasteiger partial charge is 0.485 e. The SMILES string of the molecule is CC(C)Cc1nc(COc2ccc(I)cc2C(=O)O)no1. The molecule has 1 N–H and O–H groups in total. The van der Waals surface area contributed by atoms with Gasteiger partial charge in [0.15, 0.2) is 6.61 Å². The van der Waals surface area contributed by atoms with Crippen molar-refractivity contribution >= 4 is 28.6 Å². The molecule has 0 amide bonds. The lowest BCUT2D eigenvalue weighted by Crippen LogP contribution is -2.05. The van der Waals surface area contributed by atoms with Crippen LogP contribution in [-0.4, -0.2) is 21.2 Å². The Bertz CT molecular complexity index is 640. The van der Waals surface area contributed by atoms with Gasteiger partial charge in [-0.3, -0.25) is 0 Å². The number of carboxylic acids is 1. The van der Waals surface area contributed by atoms with Crippen LogP contribution in [0.25, 0.3) is 0 Å². The Kier molecular flexibility index (Phi) is 5.16. The highest BCUT2D eigenvalue weighted by Gasteiger charge is 2.14. The Labute approximate surface area is 135 Å². The molecule has 0 bridgehead atoms. The molecule has 6 nitrogen and oxygen atoms in total. The Morgan fingerprint density at radius 2 is 2.24 bits per heavy atom. The molecular formula is C14H15IN2O4. The first kappa shape index (κ1) is 15.7. The average Bonchev–Trinajstić information content (AvgIpc) is 2.83. The lowest BCUT2D eigenvalue weighted by atomic mass is 10.1. The van der Waals surface area contributed by atoms with Crippen molar-refractivity contribution in [3.63, 3.8) is 0 Å². The zero-order valence-electron chi connectivity index (χ0n) is 11.7. The number of aromatic carboxylic acids is 1. The van der Waals surface area contributed by atoms with Gasteiger partial charge in [0.2, 0.25) is 11.7 Å². The number of aromatic nitrogens is 2. The molecule has 1 aromatic heterocycles. The summed E-state index contributed by atoms with van der Waals surface area (Å²) >= 11 is 2.05. The minimum atomic E-state index is -1.03. The predicted molar refractivity (Wildman–Crippen MR) is 83.3 cm³/mol. The smallest absolute Gasteiger partial charge is 0.339 e. The van der Waals surface area contributed by atoms with Crippen LogP contribution in [-0.2, 0) is 13.0 Å². The van der Waals surface area contributed by atoms with E-state index in [0.717, 1.165) is 3.57 Å². The molecule has 21 heavy (non-hydrogen) atoms. The number of hydrogen-bond donors (Lipinski definition) is 1. The van der Waals surface area contributed by atoms with Crippen molar-refractivity contribution in [3.05, 3.63) is 39.0 Å². The molecule has 112 valence electrons. The highest BCUT2D eigenvalue weighted by atomic mass is 127. The van der Waals surface area contributed by atoms with Gasteiger partial charge in [-0.2, -0.15) is 4.98 Å². The van der Waals surface area contributed by atoms with Crippen LogP contribution in [0.15, 0.2) is 22.7 Å². The van der Waals surface area contributed by atoms with Gasteiger partial charge < -0.3 is 14.4 Å². The number of nitrogens with zero attached hydrogens (tertiary/aromatic N) is 2.